The molecule has 1 N–H and O–H groups in total. The fourth-order valence-corrected chi connectivity index (χ4v) is 3.01. The summed E-state index contributed by atoms with van der Waals surface area (Å²) in [6, 6.07) is 2.59. The predicted octanol–water partition coefficient (Wildman–Crippen LogP) is 3.22. The van der Waals surface area contributed by atoms with Gasteiger partial charge in [0.15, 0.2) is 0 Å². The van der Waals surface area contributed by atoms with Crippen LogP contribution in [0.15, 0.2) is 6.07 Å². The largest absolute Gasteiger partial charge is 0.481 e. The van der Waals surface area contributed by atoms with Crippen LogP contribution in [0.3, 0.4) is 0 Å². The smallest absolute Gasteiger partial charge is 0.306 e. The molecule has 1 fully saturated rings. The minimum atomic E-state index is -0.654. The molecule has 0 atom stereocenters. The molecule has 1 aromatic rings. The fraction of sp³-hybridized carbons (Fsp3) is 0.562. The van der Waals surface area contributed by atoms with E-state index in [-0.39, 0.29) is 5.92 Å². The third kappa shape index (κ3) is 2.34. The number of hydrogen-bond donors (Lipinski definition) is 1. The van der Waals surface area contributed by atoms with Crippen molar-refractivity contribution in [1.29, 1.82) is 0 Å². The van der Waals surface area contributed by atoms with Gasteiger partial charge in [0.25, 0.3) is 0 Å². The zero-order valence-electron chi connectivity index (χ0n) is 12.4. The lowest BCUT2D eigenvalue weighted by Crippen LogP contribution is -2.46. The predicted molar refractivity (Wildman–Crippen MR) is 77.9 cm³/mol. The Kier molecular flexibility index (Phi) is 3.57. The number of rotatable bonds is 3. The van der Waals surface area contributed by atoms with Crippen molar-refractivity contribution in [1.82, 2.24) is 0 Å². The van der Waals surface area contributed by atoms with E-state index >= 15 is 0 Å². The van der Waals surface area contributed by atoms with Gasteiger partial charge in [-0.1, -0.05) is 6.07 Å². The number of carbonyl (C=O) groups is 1. The molecule has 0 unspecified atom stereocenters. The molecule has 2 rings (SSSR count). The Morgan fingerprint density at radius 2 is 1.63 bits per heavy atom. The molecule has 19 heavy (non-hydrogen) atoms. The van der Waals surface area contributed by atoms with Gasteiger partial charge in [-0.3, -0.25) is 4.79 Å². The first kappa shape index (κ1) is 13.9. The molecule has 0 aromatic heterocycles. The molecule has 0 amide bonds. The molecule has 0 heterocycles. The van der Waals surface area contributed by atoms with E-state index in [0.29, 0.717) is 6.04 Å². The first-order chi connectivity index (χ1) is 8.82. The Labute approximate surface area is 115 Å². The van der Waals surface area contributed by atoms with Crippen LogP contribution in [0.2, 0.25) is 0 Å². The molecular formula is C16H23NO2. The highest BCUT2D eigenvalue weighted by atomic mass is 16.4. The first-order valence-electron chi connectivity index (χ1n) is 6.86. The minimum absolute atomic E-state index is 0.154. The van der Waals surface area contributed by atoms with E-state index < -0.39 is 5.97 Å². The summed E-state index contributed by atoms with van der Waals surface area (Å²) in [7, 11) is 2.09. The van der Waals surface area contributed by atoms with Crippen LogP contribution in [0.25, 0.3) is 0 Å². The summed E-state index contributed by atoms with van der Waals surface area (Å²) in [4.78, 5) is 13.2. The third-order valence-corrected chi connectivity index (χ3v) is 4.69. The Hall–Kier alpha value is -1.51. The number of aliphatic carboxylic acids is 1. The summed E-state index contributed by atoms with van der Waals surface area (Å²) in [6.45, 7) is 8.59. The zero-order chi connectivity index (χ0) is 14.3. The summed E-state index contributed by atoms with van der Waals surface area (Å²) in [5.41, 5.74) is 6.51. The molecule has 1 aliphatic carbocycles. The van der Waals surface area contributed by atoms with Gasteiger partial charge in [0.05, 0.1) is 5.92 Å². The van der Waals surface area contributed by atoms with E-state index in [0.717, 1.165) is 12.8 Å². The zero-order valence-corrected chi connectivity index (χ0v) is 12.4. The molecule has 0 spiro atoms. The molecular weight excluding hydrogens is 238 g/mol. The van der Waals surface area contributed by atoms with E-state index in [1.165, 1.54) is 27.9 Å². The Morgan fingerprint density at radius 1 is 1.16 bits per heavy atom. The average molecular weight is 261 g/mol. The standard InChI is InChI=1S/C16H23NO2/c1-9-6-10(2)12(4)15(11(9)3)17(5)14-7-13(8-14)16(18)19/h6,13-14H,7-8H2,1-5H3,(H,18,19). The van der Waals surface area contributed by atoms with Crippen LogP contribution in [0, 0.1) is 33.6 Å². The van der Waals surface area contributed by atoms with Gasteiger partial charge in [0.2, 0.25) is 0 Å². The number of hydrogen-bond acceptors (Lipinski definition) is 2. The molecule has 104 valence electrons. The molecule has 0 bridgehead atoms. The molecule has 0 saturated heterocycles. The van der Waals surface area contributed by atoms with Gasteiger partial charge in [-0.25, -0.2) is 0 Å². The summed E-state index contributed by atoms with van der Waals surface area (Å²) >= 11 is 0. The van der Waals surface area contributed by atoms with Gasteiger partial charge in [-0.15, -0.1) is 0 Å². The van der Waals surface area contributed by atoms with E-state index in [4.69, 9.17) is 5.11 Å². The van der Waals surface area contributed by atoms with Gasteiger partial charge in [-0.05, 0) is 62.8 Å². The van der Waals surface area contributed by atoms with Crippen LogP contribution < -0.4 is 4.90 Å². The van der Waals surface area contributed by atoms with Crippen molar-refractivity contribution in [3.8, 4) is 0 Å². The number of carboxylic acids is 1. The fourth-order valence-electron chi connectivity index (χ4n) is 3.01. The van der Waals surface area contributed by atoms with Gasteiger partial charge in [0.1, 0.15) is 0 Å². The first-order valence-corrected chi connectivity index (χ1v) is 6.86. The van der Waals surface area contributed by atoms with Crippen molar-refractivity contribution in [2.45, 2.75) is 46.6 Å². The van der Waals surface area contributed by atoms with Crippen molar-refractivity contribution in [2.75, 3.05) is 11.9 Å². The van der Waals surface area contributed by atoms with Crippen LogP contribution in [0.4, 0.5) is 5.69 Å². The molecule has 3 heteroatoms. The lowest BCUT2D eigenvalue weighted by atomic mass is 9.79. The van der Waals surface area contributed by atoms with Crippen LogP contribution >= 0.6 is 0 Å². The van der Waals surface area contributed by atoms with Crippen LogP contribution in [-0.2, 0) is 4.79 Å². The Bertz CT molecular complexity index is 490. The highest BCUT2D eigenvalue weighted by molar-refractivity contribution is 5.72. The SMILES string of the molecule is Cc1cc(C)c(C)c(N(C)C2CC(C(=O)O)C2)c1C. The van der Waals surface area contributed by atoms with Crippen molar-refractivity contribution in [3.05, 3.63) is 28.3 Å². The maximum atomic E-state index is 10.9. The van der Waals surface area contributed by atoms with E-state index in [2.05, 4.69) is 45.7 Å². The van der Waals surface area contributed by atoms with Crippen molar-refractivity contribution in [3.63, 3.8) is 0 Å². The number of anilines is 1. The van der Waals surface area contributed by atoms with Crippen LogP contribution in [-0.4, -0.2) is 24.2 Å². The molecule has 3 nitrogen and oxygen atoms in total. The van der Waals surface area contributed by atoms with Crippen LogP contribution in [0.1, 0.15) is 35.1 Å². The number of carboxylic acid groups (broad SMARTS) is 1. The maximum Gasteiger partial charge on any atom is 0.306 e. The second-order valence-corrected chi connectivity index (χ2v) is 5.88. The second kappa shape index (κ2) is 4.87. The summed E-state index contributed by atoms with van der Waals surface area (Å²) in [5, 5.41) is 8.98. The normalized spacial score (nSPS) is 21.9. The Balaban J connectivity index is 2.26. The lowest BCUT2D eigenvalue weighted by molar-refractivity contribution is -0.145. The maximum absolute atomic E-state index is 10.9. The topological polar surface area (TPSA) is 40.5 Å². The summed E-state index contributed by atoms with van der Waals surface area (Å²) in [6.07, 6.45) is 1.52. The van der Waals surface area contributed by atoms with Crippen molar-refractivity contribution < 1.29 is 9.90 Å². The molecule has 1 saturated carbocycles. The highest BCUT2D eigenvalue weighted by Gasteiger charge is 2.37. The van der Waals surface area contributed by atoms with Gasteiger partial charge >= 0.3 is 5.97 Å². The van der Waals surface area contributed by atoms with Gasteiger partial charge in [0, 0.05) is 18.8 Å². The summed E-state index contributed by atoms with van der Waals surface area (Å²) in [5.74, 6) is -0.808. The number of benzene rings is 1. The Morgan fingerprint density at radius 3 is 2.05 bits per heavy atom. The second-order valence-electron chi connectivity index (χ2n) is 5.88. The third-order valence-electron chi connectivity index (χ3n) is 4.69. The van der Waals surface area contributed by atoms with Gasteiger partial charge < -0.3 is 10.0 Å². The lowest BCUT2D eigenvalue weighted by Gasteiger charge is -2.42. The molecule has 1 aromatic carbocycles. The highest BCUT2D eigenvalue weighted by Crippen LogP contribution is 2.38. The quantitative estimate of drug-likeness (QED) is 0.908. The van der Waals surface area contributed by atoms with E-state index in [1.54, 1.807) is 0 Å². The molecule has 0 aliphatic heterocycles. The van der Waals surface area contributed by atoms with Gasteiger partial charge in [-0.2, -0.15) is 0 Å². The van der Waals surface area contributed by atoms with Crippen molar-refractivity contribution in [2.24, 2.45) is 5.92 Å². The van der Waals surface area contributed by atoms with Crippen molar-refractivity contribution >= 4 is 11.7 Å². The van der Waals surface area contributed by atoms with Crippen LogP contribution in [0.5, 0.6) is 0 Å². The molecule has 0 radical (unpaired) electrons. The minimum Gasteiger partial charge on any atom is -0.481 e. The molecule has 1 aliphatic rings. The van der Waals surface area contributed by atoms with E-state index in [9.17, 15) is 4.79 Å². The number of nitrogens with zero attached hydrogens (tertiary/aromatic N) is 1. The monoisotopic (exact) mass is 261 g/mol. The average Bonchev–Trinajstić information content (AvgIpc) is 2.24. The summed E-state index contributed by atoms with van der Waals surface area (Å²) < 4.78 is 0. The van der Waals surface area contributed by atoms with E-state index in [1.807, 2.05) is 0 Å². The number of aryl methyl sites for hydroxylation is 2.